The monoisotopic (exact) mass is 602 g/mol. The molecule has 0 saturated carbocycles. The third kappa shape index (κ3) is 5.50. The summed E-state index contributed by atoms with van der Waals surface area (Å²) >= 11 is 1.31. The number of hydrogen-bond donors (Lipinski definition) is 1. The summed E-state index contributed by atoms with van der Waals surface area (Å²) in [6, 6.07) is 13.2. The fraction of sp³-hybridized carbons (Fsp3) is 0.303. The fourth-order valence-corrected chi connectivity index (χ4v) is 6.46. The number of aliphatic hydroxyl groups excluding tert-OH is 1. The topological polar surface area (TPSA) is 107 Å². The Labute approximate surface area is 254 Å². The van der Waals surface area contributed by atoms with E-state index in [4.69, 9.17) is 23.9 Å². The molecule has 5 rings (SSSR count). The van der Waals surface area contributed by atoms with Crippen LogP contribution in [0.1, 0.15) is 48.1 Å². The summed E-state index contributed by atoms with van der Waals surface area (Å²) in [6.45, 7) is 6.54. The van der Waals surface area contributed by atoms with Gasteiger partial charge in [0.05, 0.1) is 49.8 Å². The van der Waals surface area contributed by atoms with Gasteiger partial charge < -0.3 is 24.1 Å². The number of rotatable bonds is 10. The van der Waals surface area contributed by atoms with E-state index in [2.05, 4.69) is 6.92 Å². The molecule has 4 aromatic rings. The molecule has 43 heavy (non-hydrogen) atoms. The first kappa shape index (κ1) is 29.9. The molecule has 1 atom stereocenters. The predicted molar refractivity (Wildman–Crippen MR) is 167 cm³/mol. The number of hydrogen-bond acceptors (Lipinski definition) is 9. The number of thiazole rings is 1. The van der Waals surface area contributed by atoms with E-state index in [-0.39, 0.29) is 11.3 Å². The summed E-state index contributed by atoms with van der Waals surface area (Å²) in [5.74, 6) is -0.380. The van der Waals surface area contributed by atoms with Gasteiger partial charge in [0.1, 0.15) is 11.5 Å². The lowest BCUT2D eigenvalue weighted by molar-refractivity contribution is -0.132. The van der Waals surface area contributed by atoms with Crippen molar-refractivity contribution in [2.45, 2.75) is 39.7 Å². The second-order valence-corrected chi connectivity index (χ2v) is 11.3. The minimum Gasteiger partial charge on any atom is -0.507 e. The standard InChI is InChI=1S/C33H34N2O7S/c1-7-8-12-42-22-11-9-10-20(15-22)29(36)26-28(21-16-23(39-4)31(41-6)24(17-21)40-5)35(32(38)30(26)37)33-34-27-19(3)13-18(2)14-25(27)43-33/h9-11,13-17,28,36H,7-8,12H2,1-6H3. The molecule has 0 aliphatic carbocycles. The predicted octanol–water partition coefficient (Wildman–Crippen LogP) is 6.74. The number of ketones is 1. The zero-order valence-corrected chi connectivity index (χ0v) is 25.8. The van der Waals surface area contributed by atoms with Crippen molar-refractivity contribution >= 4 is 44.1 Å². The zero-order valence-electron chi connectivity index (χ0n) is 25.0. The van der Waals surface area contributed by atoms with E-state index < -0.39 is 17.7 Å². The molecule has 3 aromatic carbocycles. The maximum Gasteiger partial charge on any atom is 0.301 e. The number of methoxy groups -OCH3 is 3. The zero-order chi connectivity index (χ0) is 30.8. The van der Waals surface area contributed by atoms with Crippen molar-refractivity contribution in [2.24, 2.45) is 0 Å². The molecule has 1 aliphatic rings. The largest absolute Gasteiger partial charge is 0.507 e. The average molecular weight is 603 g/mol. The Kier molecular flexibility index (Phi) is 8.59. The summed E-state index contributed by atoms with van der Waals surface area (Å²) in [5, 5.41) is 12.0. The fourth-order valence-electron chi connectivity index (χ4n) is 5.29. The Morgan fingerprint density at radius 1 is 1.00 bits per heavy atom. The summed E-state index contributed by atoms with van der Waals surface area (Å²) in [7, 11) is 4.47. The van der Waals surface area contributed by atoms with Gasteiger partial charge in [-0.25, -0.2) is 4.98 Å². The molecule has 10 heteroatoms. The van der Waals surface area contributed by atoms with Crippen molar-refractivity contribution < 1.29 is 33.6 Å². The second-order valence-electron chi connectivity index (χ2n) is 10.3. The number of anilines is 1. The van der Waals surface area contributed by atoms with Gasteiger partial charge in [0.2, 0.25) is 5.75 Å². The van der Waals surface area contributed by atoms with E-state index in [1.165, 1.54) is 37.6 Å². The van der Waals surface area contributed by atoms with Crippen molar-refractivity contribution in [1.82, 2.24) is 4.98 Å². The van der Waals surface area contributed by atoms with Crippen molar-refractivity contribution in [3.05, 3.63) is 76.4 Å². The van der Waals surface area contributed by atoms with Gasteiger partial charge in [0, 0.05) is 5.56 Å². The maximum absolute atomic E-state index is 13.8. The summed E-state index contributed by atoms with van der Waals surface area (Å²) < 4.78 is 23.4. The van der Waals surface area contributed by atoms with Crippen LogP contribution in [-0.4, -0.2) is 49.7 Å². The van der Waals surface area contributed by atoms with Crippen molar-refractivity contribution in [1.29, 1.82) is 0 Å². The highest BCUT2D eigenvalue weighted by atomic mass is 32.1. The molecule has 0 bridgehead atoms. The van der Waals surface area contributed by atoms with E-state index in [0.29, 0.717) is 45.9 Å². The SMILES string of the molecule is CCCCOc1cccc(C(O)=C2C(=O)C(=O)N(c3nc4c(C)cc(C)cc4s3)C2c2cc(OC)c(OC)c(OC)c2)c1. The number of aromatic nitrogens is 1. The van der Waals surface area contributed by atoms with E-state index in [0.717, 1.165) is 34.2 Å². The van der Waals surface area contributed by atoms with Gasteiger partial charge in [-0.1, -0.05) is 42.9 Å². The smallest absolute Gasteiger partial charge is 0.301 e. The van der Waals surface area contributed by atoms with E-state index in [1.54, 1.807) is 36.4 Å². The number of ether oxygens (including phenoxy) is 4. The molecule has 224 valence electrons. The molecule has 9 nitrogen and oxygen atoms in total. The number of benzene rings is 3. The molecule has 1 N–H and O–H groups in total. The molecule has 1 aromatic heterocycles. The lowest BCUT2D eigenvalue weighted by Gasteiger charge is -2.24. The number of fused-ring (bicyclic) bond motifs is 1. The van der Waals surface area contributed by atoms with Gasteiger partial charge in [-0.3, -0.25) is 14.5 Å². The number of aliphatic hydroxyl groups is 1. The first-order valence-corrected chi connectivity index (χ1v) is 14.8. The minimum absolute atomic E-state index is 0.0860. The van der Waals surface area contributed by atoms with Gasteiger partial charge in [0.25, 0.3) is 5.78 Å². The van der Waals surface area contributed by atoms with Gasteiger partial charge in [0.15, 0.2) is 16.6 Å². The number of carbonyl (C=O) groups excluding carboxylic acids is 2. The van der Waals surface area contributed by atoms with Gasteiger partial charge >= 0.3 is 5.91 Å². The number of carbonyl (C=O) groups is 2. The van der Waals surface area contributed by atoms with Crippen LogP contribution >= 0.6 is 11.3 Å². The molecule has 1 fully saturated rings. The van der Waals surface area contributed by atoms with Gasteiger partial charge in [-0.2, -0.15) is 0 Å². The molecule has 1 saturated heterocycles. The van der Waals surface area contributed by atoms with Gasteiger partial charge in [-0.15, -0.1) is 0 Å². The van der Waals surface area contributed by atoms with Crippen LogP contribution in [0.3, 0.4) is 0 Å². The first-order valence-electron chi connectivity index (χ1n) is 13.9. The first-order chi connectivity index (χ1) is 20.7. The molecular formula is C33H34N2O7S. The van der Waals surface area contributed by atoms with Crippen LogP contribution in [-0.2, 0) is 9.59 Å². The molecule has 2 heterocycles. The minimum atomic E-state index is -1.04. The highest BCUT2D eigenvalue weighted by Crippen LogP contribution is 2.48. The third-order valence-corrected chi connectivity index (χ3v) is 8.35. The Hall–Kier alpha value is -4.57. The number of unbranched alkanes of at least 4 members (excludes halogenated alkanes) is 1. The number of amides is 1. The van der Waals surface area contributed by atoms with Crippen LogP contribution in [0.4, 0.5) is 5.13 Å². The van der Waals surface area contributed by atoms with Crippen molar-refractivity contribution in [3.63, 3.8) is 0 Å². The molecular weight excluding hydrogens is 568 g/mol. The van der Waals surface area contributed by atoms with Crippen LogP contribution < -0.4 is 23.8 Å². The Morgan fingerprint density at radius 2 is 1.72 bits per heavy atom. The Morgan fingerprint density at radius 3 is 2.37 bits per heavy atom. The number of nitrogens with zero attached hydrogens (tertiary/aromatic N) is 2. The van der Waals surface area contributed by atoms with E-state index in [9.17, 15) is 14.7 Å². The van der Waals surface area contributed by atoms with Gasteiger partial charge in [-0.05, 0) is 67.3 Å². The molecule has 0 spiro atoms. The Bertz CT molecular complexity index is 1720. The lowest BCUT2D eigenvalue weighted by Crippen LogP contribution is -2.29. The lowest BCUT2D eigenvalue weighted by atomic mass is 9.94. The molecule has 1 aliphatic heterocycles. The van der Waals surface area contributed by atoms with Crippen LogP contribution in [0, 0.1) is 13.8 Å². The van der Waals surface area contributed by atoms with E-state index in [1.807, 2.05) is 26.0 Å². The van der Waals surface area contributed by atoms with Crippen LogP contribution in [0.2, 0.25) is 0 Å². The van der Waals surface area contributed by atoms with Crippen molar-refractivity contribution in [3.8, 4) is 23.0 Å². The second kappa shape index (κ2) is 12.3. The van der Waals surface area contributed by atoms with Crippen LogP contribution in [0.5, 0.6) is 23.0 Å². The normalized spacial score (nSPS) is 16.1. The molecule has 0 radical (unpaired) electrons. The highest BCUT2D eigenvalue weighted by molar-refractivity contribution is 7.22. The quantitative estimate of drug-likeness (QED) is 0.0920. The molecule has 1 amide bonds. The highest BCUT2D eigenvalue weighted by Gasteiger charge is 2.48. The maximum atomic E-state index is 13.8. The summed E-state index contributed by atoms with van der Waals surface area (Å²) in [6.07, 6.45) is 1.85. The van der Waals surface area contributed by atoms with Crippen molar-refractivity contribution in [2.75, 3.05) is 32.8 Å². The summed E-state index contributed by atoms with van der Waals surface area (Å²) in [5.41, 5.74) is 3.49. The molecule has 1 unspecified atom stereocenters. The van der Waals surface area contributed by atoms with Crippen LogP contribution in [0.25, 0.3) is 16.0 Å². The average Bonchev–Trinajstić information content (AvgIpc) is 3.54. The van der Waals surface area contributed by atoms with E-state index >= 15 is 0 Å². The Balaban J connectivity index is 1.74. The van der Waals surface area contributed by atoms with Crippen LogP contribution in [0.15, 0.2) is 54.1 Å². The number of Topliss-reactive ketones (excluding diaryl/α,β-unsaturated/α-hetero) is 1. The third-order valence-electron chi connectivity index (χ3n) is 7.35. The summed E-state index contributed by atoms with van der Waals surface area (Å²) in [4.78, 5) is 33.8. The number of aryl methyl sites for hydroxylation is 2.